The van der Waals surface area contributed by atoms with Crippen molar-refractivity contribution in [1.29, 1.82) is 0 Å². The van der Waals surface area contributed by atoms with Crippen molar-refractivity contribution in [2.24, 2.45) is 5.10 Å². The molecule has 0 spiro atoms. The minimum atomic E-state index is 0.738. The highest BCUT2D eigenvalue weighted by Crippen LogP contribution is 2.28. The van der Waals surface area contributed by atoms with Crippen LogP contribution in [0.25, 0.3) is 21.1 Å². The van der Waals surface area contributed by atoms with E-state index in [4.69, 9.17) is 0 Å². The molecule has 0 aliphatic carbocycles. The molecule has 5 nitrogen and oxygen atoms in total. The van der Waals surface area contributed by atoms with E-state index in [1.807, 2.05) is 31.3 Å². The lowest BCUT2D eigenvalue weighted by Gasteiger charge is -2.00. The molecule has 4 rings (SSSR count). The van der Waals surface area contributed by atoms with Crippen LogP contribution in [0, 0.1) is 6.92 Å². The summed E-state index contributed by atoms with van der Waals surface area (Å²) in [6, 6.07) is 8.20. The third-order valence-corrected chi connectivity index (χ3v) is 4.59. The first-order valence-corrected chi connectivity index (χ1v) is 7.74. The molecule has 1 aromatic carbocycles. The van der Waals surface area contributed by atoms with Crippen molar-refractivity contribution in [3.05, 3.63) is 53.3 Å². The first kappa shape index (κ1) is 13.0. The van der Waals surface area contributed by atoms with Gasteiger partial charge in [0.2, 0.25) is 0 Å². The van der Waals surface area contributed by atoms with Gasteiger partial charge in [0, 0.05) is 11.7 Å². The van der Waals surface area contributed by atoms with Crippen molar-refractivity contribution in [2.45, 2.75) is 6.92 Å². The second kappa shape index (κ2) is 5.23. The summed E-state index contributed by atoms with van der Waals surface area (Å²) in [6.07, 6.45) is 5.28. The van der Waals surface area contributed by atoms with Gasteiger partial charge in [0.15, 0.2) is 5.82 Å². The number of H-pyrrole nitrogens is 1. The van der Waals surface area contributed by atoms with Gasteiger partial charge in [0.05, 0.1) is 16.4 Å². The molecule has 0 bridgehead atoms. The molecule has 22 heavy (non-hydrogen) atoms. The molecule has 2 N–H and O–H groups in total. The summed E-state index contributed by atoms with van der Waals surface area (Å²) in [6.45, 7) is 2.05. The lowest BCUT2D eigenvalue weighted by Crippen LogP contribution is -1.94. The van der Waals surface area contributed by atoms with Gasteiger partial charge in [-0.05, 0) is 47.0 Å². The van der Waals surface area contributed by atoms with E-state index in [1.54, 1.807) is 23.9 Å². The maximum absolute atomic E-state index is 4.30. The fourth-order valence-corrected chi connectivity index (χ4v) is 3.31. The second-order valence-corrected chi connectivity index (χ2v) is 5.89. The van der Waals surface area contributed by atoms with Gasteiger partial charge in [-0.3, -0.25) is 5.43 Å². The number of aromatic amines is 1. The van der Waals surface area contributed by atoms with Crippen molar-refractivity contribution in [3.8, 4) is 0 Å². The number of hydrogen-bond donors (Lipinski definition) is 2. The molecule has 3 aromatic heterocycles. The zero-order valence-electron chi connectivity index (χ0n) is 11.9. The monoisotopic (exact) mass is 307 g/mol. The summed E-state index contributed by atoms with van der Waals surface area (Å²) in [7, 11) is 0. The topological polar surface area (TPSA) is 66.0 Å². The number of anilines is 1. The Bertz CT molecular complexity index is 982. The minimum Gasteiger partial charge on any atom is -0.361 e. The molecule has 0 radical (unpaired) electrons. The van der Waals surface area contributed by atoms with Crippen LogP contribution in [0.15, 0.2) is 47.3 Å². The van der Waals surface area contributed by atoms with Crippen LogP contribution < -0.4 is 5.43 Å². The van der Waals surface area contributed by atoms with Crippen molar-refractivity contribution >= 4 is 44.5 Å². The number of rotatable bonds is 3. The van der Waals surface area contributed by atoms with Crippen molar-refractivity contribution < 1.29 is 0 Å². The number of hydrazone groups is 1. The summed E-state index contributed by atoms with van der Waals surface area (Å²) >= 11 is 1.62. The van der Waals surface area contributed by atoms with Crippen LogP contribution in [0.3, 0.4) is 0 Å². The number of nitrogens with one attached hydrogen (secondary N) is 2. The number of fused-ring (bicyclic) bond motifs is 2. The Morgan fingerprint density at radius 2 is 2.23 bits per heavy atom. The fourth-order valence-electron chi connectivity index (χ4n) is 2.37. The third-order valence-electron chi connectivity index (χ3n) is 3.49. The molecular weight excluding hydrogens is 294 g/mol. The van der Waals surface area contributed by atoms with Crippen LogP contribution in [0.1, 0.15) is 11.1 Å². The zero-order chi connectivity index (χ0) is 14.9. The van der Waals surface area contributed by atoms with Gasteiger partial charge in [0.1, 0.15) is 6.33 Å². The predicted octanol–water partition coefficient (Wildman–Crippen LogP) is 3.93. The molecule has 0 fully saturated rings. The molecule has 0 unspecified atom stereocenters. The Morgan fingerprint density at radius 1 is 1.27 bits per heavy atom. The number of aromatic nitrogens is 3. The molecule has 108 valence electrons. The Morgan fingerprint density at radius 3 is 3.18 bits per heavy atom. The summed E-state index contributed by atoms with van der Waals surface area (Å²) in [5, 5.41) is 7.54. The van der Waals surface area contributed by atoms with Crippen LogP contribution in [0.4, 0.5) is 5.82 Å². The van der Waals surface area contributed by atoms with Crippen molar-refractivity contribution in [2.75, 3.05) is 5.43 Å². The SMILES string of the molecule is Cc1csc2c(NN=Cc3ccc4[nH]ccc4c3)ncnc12. The number of nitrogens with zero attached hydrogens (tertiary/aromatic N) is 3. The van der Waals surface area contributed by atoms with E-state index in [1.165, 1.54) is 5.39 Å². The summed E-state index contributed by atoms with van der Waals surface area (Å²) in [4.78, 5) is 11.7. The first-order chi connectivity index (χ1) is 10.8. The first-order valence-electron chi connectivity index (χ1n) is 6.86. The van der Waals surface area contributed by atoms with E-state index in [9.17, 15) is 0 Å². The van der Waals surface area contributed by atoms with Crippen LogP contribution in [0.2, 0.25) is 0 Å². The lowest BCUT2D eigenvalue weighted by molar-refractivity contribution is 1.18. The number of benzene rings is 1. The van der Waals surface area contributed by atoms with E-state index in [0.29, 0.717) is 0 Å². The molecule has 0 atom stereocenters. The quantitative estimate of drug-likeness (QED) is 0.445. The minimum absolute atomic E-state index is 0.738. The lowest BCUT2D eigenvalue weighted by atomic mass is 10.2. The van der Waals surface area contributed by atoms with Crippen LogP contribution in [-0.2, 0) is 0 Å². The average Bonchev–Trinajstić information content (AvgIpc) is 3.14. The predicted molar refractivity (Wildman–Crippen MR) is 91.7 cm³/mol. The largest absolute Gasteiger partial charge is 0.361 e. The maximum Gasteiger partial charge on any atom is 0.167 e. The van der Waals surface area contributed by atoms with Crippen LogP contribution in [0.5, 0.6) is 0 Å². The molecule has 6 heteroatoms. The van der Waals surface area contributed by atoms with Gasteiger partial charge < -0.3 is 4.98 Å². The summed E-state index contributed by atoms with van der Waals surface area (Å²) in [5.41, 5.74) is 7.31. The zero-order valence-corrected chi connectivity index (χ0v) is 12.7. The number of thiophene rings is 1. The molecule has 0 aliphatic rings. The Hall–Kier alpha value is -2.73. The van der Waals surface area contributed by atoms with Gasteiger partial charge >= 0.3 is 0 Å². The molecular formula is C16H13N5S. The van der Waals surface area contributed by atoms with Gasteiger partial charge in [-0.2, -0.15) is 5.10 Å². The van der Waals surface area contributed by atoms with Crippen LogP contribution >= 0.6 is 11.3 Å². The Balaban J connectivity index is 1.60. The average molecular weight is 307 g/mol. The van der Waals surface area contributed by atoms with E-state index < -0.39 is 0 Å². The molecule has 0 saturated carbocycles. The molecule has 3 heterocycles. The van der Waals surface area contributed by atoms with Gasteiger partial charge in [-0.25, -0.2) is 9.97 Å². The molecule has 0 saturated heterocycles. The normalized spacial score (nSPS) is 11.7. The molecule has 0 aliphatic heterocycles. The molecule has 4 aromatic rings. The summed E-state index contributed by atoms with van der Waals surface area (Å²) < 4.78 is 1.03. The van der Waals surface area contributed by atoms with Crippen molar-refractivity contribution in [1.82, 2.24) is 15.0 Å². The van der Waals surface area contributed by atoms with E-state index in [2.05, 4.69) is 36.9 Å². The third kappa shape index (κ3) is 2.23. The van der Waals surface area contributed by atoms with E-state index >= 15 is 0 Å². The van der Waals surface area contributed by atoms with Gasteiger partial charge in [-0.1, -0.05) is 6.07 Å². The van der Waals surface area contributed by atoms with E-state index in [0.717, 1.165) is 32.7 Å². The Labute approximate surface area is 130 Å². The summed E-state index contributed by atoms with van der Waals surface area (Å²) in [5.74, 6) is 0.738. The van der Waals surface area contributed by atoms with Gasteiger partial charge in [-0.15, -0.1) is 11.3 Å². The maximum atomic E-state index is 4.30. The van der Waals surface area contributed by atoms with E-state index in [-0.39, 0.29) is 0 Å². The fraction of sp³-hybridized carbons (Fsp3) is 0.0625. The number of aryl methyl sites for hydroxylation is 1. The standard InChI is InChI=1S/C16H13N5S/c1-10-8-22-15-14(10)18-9-19-16(15)21-20-7-11-2-3-13-12(6-11)4-5-17-13/h2-9,17H,1H3,(H,18,19,21). The number of hydrogen-bond acceptors (Lipinski definition) is 5. The smallest absolute Gasteiger partial charge is 0.167 e. The second-order valence-electron chi connectivity index (χ2n) is 5.01. The molecule has 0 amide bonds. The van der Waals surface area contributed by atoms with Gasteiger partial charge in [0.25, 0.3) is 0 Å². The van der Waals surface area contributed by atoms with Crippen LogP contribution in [-0.4, -0.2) is 21.2 Å². The van der Waals surface area contributed by atoms with Crippen molar-refractivity contribution in [3.63, 3.8) is 0 Å². The highest BCUT2D eigenvalue weighted by Gasteiger charge is 2.06. The Kier molecular flexibility index (Phi) is 3.08. The highest BCUT2D eigenvalue weighted by atomic mass is 32.1. The highest BCUT2D eigenvalue weighted by molar-refractivity contribution is 7.18.